The Bertz CT molecular complexity index is 1550. The van der Waals surface area contributed by atoms with Crippen molar-refractivity contribution in [1.29, 1.82) is 5.26 Å². The number of ether oxygens (including phenoxy) is 4. The Hall–Kier alpha value is -3.48. The van der Waals surface area contributed by atoms with Crippen LogP contribution in [-0.2, 0) is 4.74 Å². The SMILES string of the molecule is COc1cc(Nc2c(C#N)cnc3cc4cc(OCCCN5CCOCC5)c(OC)cc4cc23)c(Cl)cc1Cl. The number of hydrogen-bond donors (Lipinski definition) is 1. The first kappa shape index (κ1) is 27.1. The van der Waals surface area contributed by atoms with Gasteiger partial charge in [-0.05, 0) is 47.5 Å². The molecule has 0 spiro atoms. The number of halogens is 2. The Balaban J connectivity index is 1.46. The van der Waals surface area contributed by atoms with Gasteiger partial charge in [-0.3, -0.25) is 9.88 Å². The molecular weight excluding hydrogens is 539 g/mol. The summed E-state index contributed by atoms with van der Waals surface area (Å²) in [6, 6.07) is 13.4. The quantitative estimate of drug-likeness (QED) is 0.183. The Morgan fingerprint density at radius 3 is 2.46 bits per heavy atom. The van der Waals surface area contributed by atoms with Gasteiger partial charge in [-0.15, -0.1) is 0 Å². The molecule has 10 heteroatoms. The van der Waals surface area contributed by atoms with E-state index in [0.717, 1.165) is 55.4 Å². The van der Waals surface area contributed by atoms with Gasteiger partial charge >= 0.3 is 0 Å². The van der Waals surface area contributed by atoms with E-state index in [2.05, 4.69) is 21.3 Å². The number of morpholine rings is 1. The fourth-order valence-corrected chi connectivity index (χ4v) is 5.16. The highest BCUT2D eigenvalue weighted by Gasteiger charge is 2.16. The number of pyridine rings is 1. The van der Waals surface area contributed by atoms with Gasteiger partial charge in [0, 0.05) is 37.3 Å². The second kappa shape index (κ2) is 12.1. The lowest BCUT2D eigenvalue weighted by atomic mass is 10.0. The van der Waals surface area contributed by atoms with E-state index < -0.39 is 0 Å². The van der Waals surface area contributed by atoms with Gasteiger partial charge in [0.05, 0.1) is 66.5 Å². The van der Waals surface area contributed by atoms with Crippen molar-refractivity contribution in [2.45, 2.75) is 6.42 Å². The third-order valence-electron chi connectivity index (χ3n) is 6.71. The molecule has 1 aliphatic heterocycles. The molecule has 4 aromatic rings. The summed E-state index contributed by atoms with van der Waals surface area (Å²) in [5.74, 6) is 1.78. The van der Waals surface area contributed by atoms with E-state index in [4.69, 9.17) is 42.1 Å². The smallest absolute Gasteiger partial charge is 0.161 e. The summed E-state index contributed by atoms with van der Waals surface area (Å²) in [5.41, 5.74) is 2.22. The molecule has 0 atom stereocenters. The average molecular weight is 567 g/mol. The summed E-state index contributed by atoms with van der Waals surface area (Å²) in [6.07, 6.45) is 2.45. The molecule has 39 heavy (non-hydrogen) atoms. The second-order valence-corrected chi connectivity index (χ2v) is 9.94. The lowest BCUT2D eigenvalue weighted by molar-refractivity contribution is 0.0357. The van der Waals surface area contributed by atoms with Gasteiger partial charge in [-0.1, -0.05) is 23.2 Å². The number of nitriles is 1. The minimum absolute atomic E-state index is 0.374. The third kappa shape index (κ3) is 5.92. The fraction of sp³-hybridized carbons (Fsp3) is 0.310. The van der Waals surface area contributed by atoms with Crippen molar-refractivity contribution in [2.24, 2.45) is 0 Å². The molecule has 1 N–H and O–H groups in total. The normalized spacial score (nSPS) is 13.8. The first-order valence-corrected chi connectivity index (χ1v) is 13.3. The molecule has 1 aromatic heterocycles. The summed E-state index contributed by atoms with van der Waals surface area (Å²) >= 11 is 12.7. The lowest BCUT2D eigenvalue weighted by Gasteiger charge is -2.26. The number of benzene rings is 3. The molecule has 5 rings (SSSR count). The van der Waals surface area contributed by atoms with Crippen LogP contribution in [0.4, 0.5) is 11.4 Å². The molecule has 8 nitrogen and oxygen atoms in total. The average Bonchev–Trinajstić information content (AvgIpc) is 2.96. The van der Waals surface area contributed by atoms with Gasteiger partial charge in [-0.25, -0.2) is 0 Å². The zero-order valence-electron chi connectivity index (χ0n) is 21.7. The van der Waals surface area contributed by atoms with E-state index in [1.807, 2.05) is 24.3 Å². The second-order valence-electron chi connectivity index (χ2n) is 9.13. The van der Waals surface area contributed by atoms with E-state index >= 15 is 0 Å². The first-order chi connectivity index (χ1) is 19.0. The molecule has 0 aliphatic carbocycles. The predicted octanol–water partition coefficient (Wildman–Crippen LogP) is 6.43. The topological polar surface area (TPSA) is 88.9 Å². The molecule has 1 aliphatic rings. The highest BCUT2D eigenvalue weighted by molar-refractivity contribution is 6.37. The number of nitrogens with one attached hydrogen (secondary N) is 1. The highest BCUT2D eigenvalue weighted by atomic mass is 35.5. The van der Waals surface area contributed by atoms with E-state index in [9.17, 15) is 5.26 Å². The zero-order valence-corrected chi connectivity index (χ0v) is 23.2. The standard InChI is InChI=1S/C29H28Cl2N4O4/c1-36-26-15-25(22(30)14-23(26)31)34-29-20(16-32)17-33-24-11-19-13-28(27(37-2)12-18(19)10-21(24)29)39-7-3-4-35-5-8-38-9-6-35/h10-15,17H,3-9H2,1-2H3,(H,33,34). The molecule has 1 fully saturated rings. The maximum atomic E-state index is 9.83. The number of anilines is 2. The van der Waals surface area contributed by atoms with Crippen LogP contribution in [0.1, 0.15) is 12.0 Å². The highest BCUT2D eigenvalue weighted by Crippen LogP contribution is 2.40. The molecule has 2 heterocycles. The molecule has 202 valence electrons. The van der Waals surface area contributed by atoms with Gasteiger partial charge in [-0.2, -0.15) is 5.26 Å². The van der Waals surface area contributed by atoms with Gasteiger partial charge in [0.15, 0.2) is 11.5 Å². The maximum absolute atomic E-state index is 9.83. The number of rotatable bonds is 9. The number of methoxy groups -OCH3 is 2. The molecule has 0 saturated carbocycles. The number of hydrogen-bond acceptors (Lipinski definition) is 8. The number of nitrogens with zero attached hydrogens (tertiary/aromatic N) is 3. The van der Waals surface area contributed by atoms with Crippen LogP contribution in [0.2, 0.25) is 10.0 Å². The predicted molar refractivity (Wildman–Crippen MR) is 154 cm³/mol. The van der Waals surface area contributed by atoms with Crippen LogP contribution in [0, 0.1) is 11.3 Å². The summed E-state index contributed by atoms with van der Waals surface area (Å²) in [6.45, 7) is 5.04. The van der Waals surface area contributed by atoms with Gasteiger partial charge in [0.25, 0.3) is 0 Å². The van der Waals surface area contributed by atoms with Crippen LogP contribution in [0.15, 0.2) is 42.6 Å². The van der Waals surface area contributed by atoms with Crippen molar-refractivity contribution >= 4 is 56.3 Å². The molecule has 0 unspecified atom stereocenters. The summed E-state index contributed by atoms with van der Waals surface area (Å²) in [7, 11) is 3.16. The van der Waals surface area contributed by atoms with Crippen LogP contribution in [0.3, 0.4) is 0 Å². The Morgan fingerprint density at radius 1 is 0.974 bits per heavy atom. The molecule has 3 aromatic carbocycles. The van der Waals surface area contributed by atoms with E-state index in [0.29, 0.717) is 56.4 Å². The summed E-state index contributed by atoms with van der Waals surface area (Å²) in [4.78, 5) is 6.93. The Labute approximate surface area is 236 Å². The van der Waals surface area contributed by atoms with Crippen molar-refractivity contribution < 1.29 is 18.9 Å². The zero-order chi connectivity index (χ0) is 27.4. The van der Waals surface area contributed by atoms with E-state index in [1.54, 1.807) is 25.4 Å². The van der Waals surface area contributed by atoms with Gasteiger partial charge in [0.1, 0.15) is 11.8 Å². The monoisotopic (exact) mass is 566 g/mol. The van der Waals surface area contributed by atoms with Crippen LogP contribution in [0.5, 0.6) is 17.2 Å². The van der Waals surface area contributed by atoms with Crippen LogP contribution in [-0.4, -0.2) is 63.6 Å². The molecule has 0 radical (unpaired) electrons. The van der Waals surface area contributed by atoms with Gasteiger partial charge < -0.3 is 24.3 Å². The van der Waals surface area contributed by atoms with Crippen molar-refractivity contribution in [3.63, 3.8) is 0 Å². The number of fused-ring (bicyclic) bond motifs is 2. The molecule has 0 amide bonds. The maximum Gasteiger partial charge on any atom is 0.161 e. The van der Waals surface area contributed by atoms with E-state index in [1.165, 1.54) is 7.11 Å². The summed E-state index contributed by atoms with van der Waals surface area (Å²) < 4.78 is 22.5. The molecular formula is C29H28Cl2N4O4. The Morgan fingerprint density at radius 2 is 1.72 bits per heavy atom. The molecule has 1 saturated heterocycles. The minimum atomic E-state index is 0.374. The molecule has 0 bridgehead atoms. The first-order valence-electron chi connectivity index (χ1n) is 12.6. The lowest BCUT2D eigenvalue weighted by Crippen LogP contribution is -2.37. The van der Waals surface area contributed by atoms with Gasteiger partial charge in [0.2, 0.25) is 0 Å². The van der Waals surface area contributed by atoms with Crippen LogP contribution < -0.4 is 19.5 Å². The van der Waals surface area contributed by atoms with Crippen LogP contribution in [0.25, 0.3) is 21.7 Å². The largest absolute Gasteiger partial charge is 0.495 e. The minimum Gasteiger partial charge on any atom is -0.495 e. The van der Waals surface area contributed by atoms with E-state index in [-0.39, 0.29) is 0 Å². The number of aromatic nitrogens is 1. The third-order valence-corrected chi connectivity index (χ3v) is 7.32. The summed E-state index contributed by atoms with van der Waals surface area (Å²) in [5, 5.41) is 16.5. The van der Waals surface area contributed by atoms with Crippen molar-refractivity contribution in [1.82, 2.24) is 9.88 Å². The van der Waals surface area contributed by atoms with Crippen molar-refractivity contribution in [2.75, 3.05) is 59.0 Å². The van der Waals surface area contributed by atoms with Crippen LogP contribution >= 0.6 is 23.2 Å². The van der Waals surface area contributed by atoms with Crippen molar-refractivity contribution in [3.05, 3.63) is 58.2 Å². The Kier molecular flexibility index (Phi) is 8.44. The van der Waals surface area contributed by atoms with Crippen molar-refractivity contribution in [3.8, 4) is 23.3 Å². The fourth-order valence-electron chi connectivity index (χ4n) is 4.65.